The van der Waals surface area contributed by atoms with Gasteiger partial charge in [0, 0.05) is 0 Å². The molecule has 0 aliphatic carbocycles. The van der Waals surface area contributed by atoms with E-state index in [-0.39, 0.29) is 28.5 Å². The number of imidazole rings is 1. The van der Waals surface area contributed by atoms with Crippen molar-refractivity contribution in [2.24, 2.45) is 10.2 Å². The predicted octanol–water partition coefficient (Wildman–Crippen LogP) is -0.148. The van der Waals surface area contributed by atoms with Crippen molar-refractivity contribution >= 4 is 22.8 Å². The number of H-pyrrole nitrogens is 1. The molecule has 0 bridgehead atoms. The van der Waals surface area contributed by atoms with E-state index in [9.17, 15) is 25.2 Å². The summed E-state index contributed by atoms with van der Waals surface area (Å²) in [5.41, 5.74) is -0.395. The van der Waals surface area contributed by atoms with Gasteiger partial charge in [-0.3, -0.25) is 14.3 Å². The highest BCUT2D eigenvalue weighted by atomic mass is 16.6. The number of para-hydroxylation sites is 1. The summed E-state index contributed by atoms with van der Waals surface area (Å²) < 4.78 is 6.72. The molecule has 1 saturated heterocycles. The van der Waals surface area contributed by atoms with Crippen molar-refractivity contribution in [1.29, 1.82) is 0 Å². The van der Waals surface area contributed by atoms with Crippen molar-refractivity contribution in [3.63, 3.8) is 0 Å². The lowest BCUT2D eigenvalue weighted by molar-refractivity contribution is -0.0511. The van der Waals surface area contributed by atoms with Crippen molar-refractivity contribution in [2.75, 3.05) is 6.61 Å². The van der Waals surface area contributed by atoms with Crippen LogP contribution in [0.3, 0.4) is 0 Å². The van der Waals surface area contributed by atoms with Crippen LogP contribution in [0.4, 0.5) is 11.6 Å². The molecule has 0 spiro atoms. The molecule has 5 N–H and O–H groups in total. The van der Waals surface area contributed by atoms with Gasteiger partial charge in [0.15, 0.2) is 17.4 Å². The molecule has 12 heteroatoms. The van der Waals surface area contributed by atoms with E-state index in [0.29, 0.717) is 0 Å². The van der Waals surface area contributed by atoms with Crippen LogP contribution < -0.4 is 5.56 Å². The number of azo groups is 1. The van der Waals surface area contributed by atoms with Gasteiger partial charge in [-0.2, -0.15) is 4.98 Å². The van der Waals surface area contributed by atoms with Gasteiger partial charge in [0.1, 0.15) is 29.7 Å². The van der Waals surface area contributed by atoms with Crippen molar-refractivity contribution < 1.29 is 25.2 Å². The van der Waals surface area contributed by atoms with E-state index >= 15 is 0 Å². The number of benzene rings is 1. The van der Waals surface area contributed by atoms with Crippen LogP contribution in [0.1, 0.15) is 6.23 Å². The number of phenolic OH excluding ortho intramolecular Hbond substituents is 1. The van der Waals surface area contributed by atoms with Gasteiger partial charge < -0.3 is 25.2 Å². The summed E-state index contributed by atoms with van der Waals surface area (Å²) in [6, 6.07) is 6.24. The van der Waals surface area contributed by atoms with Gasteiger partial charge in [0.25, 0.3) is 11.5 Å². The first kappa shape index (κ1) is 18.2. The maximum absolute atomic E-state index is 12.3. The Hall–Kier alpha value is -3.19. The number of aromatic hydroxyl groups is 1. The first-order valence-electron chi connectivity index (χ1n) is 8.28. The second-order valence-corrected chi connectivity index (χ2v) is 6.13. The van der Waals surface area contributed by atoms with E-state index in [0.717, 1.165) is 0 Å². The lowest BCUT2D eigenvalue weighted by Gasteiger charge is -2.16. The summed E-state index contributed by atoms with van der Waals surface area (Å²) >= 11 is 0. The standard InChI is InChI=1S/C16H16N6O6/c23-5-9-11(25)12(26)15(28-9)22-6-17-10-13(22)18-16(19-14(10)27)21-20-7-3-1-2-4-8(7)24/h1-4,6,9,11-12,15,23-26H,5H2,(H,18,19,27)/t9-,11-,12-,15-/m1/s1. The molecule has 0 saturated carbocycles. The lowest BCUT2D eigenvalue weighted by Crippen LogP contribution is -2.33. The van der Waals surface area contributed by atoms with Crippen molar-refractivity contribution in [3.05, 3.63) is 40.9 Å². The summed E-state index contributed by atoms with van der Waals surface area (Å²) in [4.78, 5) is 22.8. The normalized spacial score (nSPS) is 25.1. The third-order valence-corrected chi connectivity index (χ3v) is 4.35. The highest BCUT2D eigenvalue weighted by Crippen LogP contribution is 2.31. The van der Waals surface area contributed by atoms with Gasteiger partial charge in [0.2, 0.25) is 0 Å². The minimum absolute atomic E-state index is 0.0285. The van der Waals surface area contributed by atoms with Gasteiger partial charge in [-0.1, -0.05) is 12.1 Å². The van der Waals surface area contributed by atoms with Gasteiger partial charge in [-0.25, -0.2) is 4.98 Å². The van der Waals surface area contributed by atoms with E-state index in [1.54, 1.807) is 12.1 Å². The molecule has 4 atom stereocenters. The number of ether oxygens (including phenoxy) is 1. The molecular weight excluding hydrogens is 372 g/mol. The number of fused-ring (bicyclic) bond motifs is 1. The maximum atomic E-state index is 12.3. The fourth-order valence-corrected chi connectivity index (χ4v) is 2.91. The Morgan fingerprint density at radius 2 is 2.00 bits per heavy atom. The second kappa shape index (κ2) is 7.09. The number of aromatic nitrogens is 4. The minimum Gasteiger partial charge on any atom is -0.506 e. The summed E-state index contributed by atoms with van der Waals surface area (Å²) in [6.45, 7) is -0.491. The first-order valence-corrected chi connectivity index (χ1v) is 8.28. The van der Waals surface area contributed by atoms with Gasteiger partial charge in [-0.05, 0) is 12.1 Å². The average Bonchev–Trinajstić information content (AvgIpc) is 3.23. The summed E-state index contributed by atoms with van der Waals surface area (Å²) in [6.07, 6.45) is -3.53. The molecule has 2 aromatic heterocycles. The lowest BCUT2D eigenvalue weighted by atomic mass is 10.1. The number of hydrogen-bond acceptors (Lipinski definition) is 10. The zero-order valence-electron chi connectivity index (χ0n) is 14.2. The summed E-state index contributed by atoms with van der Waals surface area (Å²) in [5.74, 6) is -0.250. The largest absolute Gasteiger partial charge is 0.506 e. The van der Waals surface area contributed by atoms with Crippen LogP contribution >= 0.6 is 0 Å². The number of aliphatic hydroxyl groups is 3. The molecule has 1 aliphatic heterocycles. The summed E-state index contributed by atoms with van der Waals surface area (Å²) in [5, 5.41) is 46.8. The Morgan fingerprint density at radius 3 is 2.71 bits per heavy atom. The van der Waals surface area contributed by atoms with Crippen LogP contribution in [0.25, 0.3) is 11.2 Å². The number of nitrogens with zero attached hydrogens (tertiary/aromatic N) is 5. The molecule has 12 nitrogen and oxygen atoms in total. The molecule has 28 heavy (non-hydrogen) atoms. The van der Waals surface area contributed by atoms with E-state index in [1.807, 2.05) is 0 Å². The number of rotatable bonds is 4. The van der Waals surface area contributed by atoms with Crippen LogP contribution in [0.5, 0.6) is 5.75 Å². The number of aliphatic hydroxyl groups excluding tert-OH is 3. The molecule has 1 fully saturated rings. The highest BCUT2D eigenvalue weighted by molar-refractivity contribution is 5.70. The van der Waals surface area contributed by atoms with Crippen LogP contribution in [-0.2, 0) is 4.74 Å². The van der Waals surface area contributed by atoms with Crippen molar-refractivity contribution in [1.82, 2.24) is 19.5 Å². The Labute approximate surface area is 156 Å². The Balaban J connectivity index is 1.73. The molecule has 0 amide bonds. The molecule has 0 unspecified atom stereocenters. The van der Waals surface area contributed by atoms with Crippen LogP contribution in [0.15, 0.2) is 45.6 Å². The maximum Gasteiger partial charge on any atom is 0.280 e. The fourth-order valence-electron chi connectivity index (χ4n) is 2.91. The van der Waals surface area contributed by atoms with Crippen LogP contribution in [0, 0.1) is 0 Å². The highest BCUT2D eigenvalue weighted by Gasteiger charge is 2.44. The molecule has 1 aliphatic rings. The van der Waals surface area contributed by atoms with Gasteiger partial charge in [-0.15, -0.1) is 10.2 Å². The Morgan fingerprint density at radius 1 is 1.21 bits per heavy atom. The number of aromatic amines is 1. The number of phenols is 1. The first-order chi connectivity index (χ1) is 13.5. The Bertz CT molecular complexity index is 1090. The predicted molar refractivity (Wildman–Crippen MR) is 93.4 cm³/mol. The SMILES string of the molecule is O=c1[nH]c(N=Nc2ccccc2O)nc2c1ncn2[C@@H]1O[C@H](CO)[C@@H](O)[C@H]1O. The van der Waals surface area contributed by atoms with Crippen molar-refractivity contribution in [3.8, 4) is 5.75 Å². The number of nitrogens with one attached hydrogen (secondary N) is 1. The zero-order chi connectivity index (χ0) is 19.8. The molecular formula is C16H16N6O6. The monoisotopic (exact) mass is 388 g/mol. The van der Waals surface area contributed by atoms with Crippen LogP contribution in [0.2, 0.25) is 0 Å². The van der Waals surface area contributed by atoms with Crippen molar-refractivity contribution in [2.45, 2.75) is 24.5 Å². The van der Waals surface area contributed by atoms with E-state index in [2.05, 4.69) is 25.2 Å². The average molecular weight is 388 g/mol. The molecule has 1 aromatic carbocycles. The van der Waals surface area contributed by atoms with Crippen LogP contribution in [-0.4, -0.2) is 64.9 Å². The third-order valence-electron chi connectivity index (χ3n) is 4.35. The number of hydrogen-bond donors (Lipinski definition) is 5. The molecule has 146 valence electrons. The second-order valence-electron chi connectivity index (χ2n) is 6.13. The topological polar surface area (TPSA) is 178 Å². The fraction of sp³-hybridized carbons (Fsp3) is 0.312. The van der Waals surface area contributed by atoms with Gasteiger partial charge >= 0.3 is 0 Å². The molecule has 4 rings (SSSR count). The quantitative estimate of drug-likeness (QED) is 0.383. The smallest absolute Gasteiger partial charge is 0.280 e. The summed E-state index contributed by atoms with van der Waals surface area (Å²) in [7, 11) is 0. The van der Waals surface area contributed by atoms with Gasteiger partial charge in [0.05, 0.1) is 12.9 Å². The minimum atomic E-state index is -1.36. The Kier molecular flexibility index (Phi) is 4.60. The van der Waals surface area contributed by atoms with E-state index in [1.165, 1.54) is 23.0 Å². The third kappa shape index (κ3) is 3.03. The molecule has 3 heterocycles. The molecule has 3 aromatic rings. The molecule has 0 radical (unpaired) electrons. The zero-order valence-corrected chi connectivity index (χ0v) is 14.2. The van der Waals surface area contributed by atoms with E-state index in [4.69, 9.17) is 4.74 Å². The van der Waals surface area contributed by atoms with E-state index < -0.39 is 36.7 Å².